The van der Waals surface area contributed by atoms with Crippen LogP contribution in [0.3, 0.4) is 0 Å². The fourth-order valence-electron chi connectivity index (χ4n) is 2.60. The molecule has 0 spiro atoms. The van der Waals surface area contributed by atoms with Crippen molar-refractivity contribution in [1.29, 1.82) is 5.26 Å². The van der Waals surface area contributed by atoms with Gasteiger partial charge in [-0.3, -0.25) is 4.79 Å². The van der Waals surface area contributed by atoms with Crippen molar-refractivity contribution in [2.75, 3.05) is 10.0 Å². The van der Waals surface area contributed by atoms with Crippen molar-refractivity contribution in [3.05, 3.63) is 58.2 Å². The number of nitrogens with one attached hydrogen (secondary N) is 2. The zero-order valence-corrected chi connectivity index (χ0v) is 18.9. The monoisotopic (exact) mass is 488 g/mol. The molecular formula is C20H17BrN4O2S2. The molecule has 3 rings (SSSR count). The van der Waals surface area contributed by atoms with E-state index in [0.29, 0.717) is 22.1 Å². The molecule has 0 aliphatic heterocycles. The van der Waals surface area contributed by atoms with Gasteiger partial charge in [0.25, 0.3) is 0 Å². The largest absolute Gasteiger partial charge is 0.302 e. The van der Waals surface area contributed by atoms with Gasteiger partial charge in [0.1, 0.15) is 0 Å². The Morgan fingerprint density at radius 2 is 2.00 bits per heavy atom. The third-order valence-corrected chi connectivity index (χ3v) is 7.15. The maximum Gasteiger partial charge on any atom is 0.223 e. The number of halogens is 1. The number of benzene rings is 2. The van der Waals surface area contributed by atoms with Crippen LogP contribution in [0.1, 0.15) is 18.2 Å². The number of aryl methyl sites for hydroxylation is 1. The van der Waals surface area contributed by atoms with E-state index in [4.69, 9.17) is 5.26 Å². The van der Waals surface area contributed by atoms with Crippen molar-refractivity contribution in [3.8, 4) is 16.5 Å². The summed E-state index contributed by atoms with van der Waals surface area (Å²) < 4.78 is 16.6. The fraction of sp³-hybridized carbons (Fsp3) is 0.150. The SMILES string of the molecule is CC(=O)Nc1nc(C)c(-c2ccc(Br)c(S(=O)Nc3ccc(CC#N)cc3)c2)s1. The van der Waals surface area contributed by atoms with Crippen molar-refractivity contribution >= 4 is 55.0 Å². The highest BCUT2D eigenvalue weighted by molar-refractivity contribution is 9.10. The Morgan fingerprint density at radius 1 is 1.28 bits per heavy atom. The molecule has 29 heavy (non-hydrogen) atoms. The van der Waals surface area contributed by atoms with Crippen molar-refractivity contribution in [1.82, 2.24) is 4.98 Å². The van der Waals surface area contributed by atoms with Crippen LogP contribution in [0, 0.1) is 18.3 Å². The molecule has 0 radical (unpaired) electrons. The van der Waals surface area contributed by atoms with Crippen LogP contribution < -0.4 is 10.0 Å². The molecular weight excluding hydrogens is 472 g/mol. The van der Waals surface area contributed by atoms with Gasteiger partial charge >= 0.3 is 0 Å². The maximum absolute atomic E-state index is 12.9. The number of nitriles is 1. The second-order valence-corrected chi connectivity index (χ2v) is 9.20. The lowest BCUT2D eigenvalue weighted by molar-refractivity contribution is -0.114. The summed E-state index contributed by atoms with van der Waals surface area (Å²) in [6.45, 7) is 3.31. The number of carbonyl (C=O) groups is 1. The van der Waals surface area contributed by atoms with Crippen LogP contribution in [0.4, 0.5) is 10.8 Å². The van der Waals surface area contributed by atoms with Crippen LogP contribution in [0.25, 0.3) is 10.4 Å². The third kappa shape index (κ3) is 5.29. The summed E-state index contributed by atoms with van der Waals surface area (Å²) >= 11 is 4.84. The molecule has 0 saturated heterocycles. The first-order valence-corrected chi connectivity index (χ1v) is 11.3. The molecule has 6 nitrogen and oxygen atoms in total. The molecule has 0 fully saturated rings. The van der Waals surface area contributed by atoms with Gasteiger partial charge < -0.3 is 10.0 Å². The van der Waals surface area contributed by atoms with Gasteiger partial charge in [0.2, 0.25) is 5.91 Å². The van der Waals surface area contributed by atoms with Crippen molar-refractivity contribution in [2.45, 2.75) is 25.2 Å². The predicted octanol–water partition coefficient (Wildman–Crippen LogP) is 5.04. The number of carbonyl (C=O) groups excluding carboxylic acids is 1. The second kappa shape index (κ2) is 9.31. The Morgan fingerprint density at radius 3 is 2.66 bits per heavy atom. The predicted molar refractivity (Wildman–Crippen MR) is 120 cm³/mol. The molecule has 0 bridgehead atoms. The van der Waals surface area contributed by atoms with Crippen molar-refractivity contribution < 1.29 is 9.00 Å². The Kier molecular flexibility index (Phi) is 6.79. The van der Waals surface area contributed by atoms with Gasteiger partial charge in [-0.25, -0.2) is 9.19 Å². The zero-order chi connectivity index (χ0) is 21.0. The molecule has 9 heteroatoms. The number of nitrogens with zero attached hydrogens (tertiary/aromatic N) is 2. The fourth-order valence-corrected chi connectivity index (χ4v) is 5.23. The van der Waals surface area contributed by atoms with Gasteiger partial charge in [0.05, 0.1) is 28.0 Å². The second-order valence-electron chi connectivity index (χ2n) is 6.16. The Bertz CT molecular complexity index is 1120. The number of thiazole rings is 1. The van der Waals surface area contributed by atoms with Crippen LogP contribution in [0.5, 0.6) is 0 Å². The average molecular weight is 489 g/mol. The minimum Gasteiger partial charge on any atom is -0.302 e. The van der Waals surface area contributed by atoms with E-state index < -0.39 is 11.0 Å². The summed E-state index contributed by atoms with van der Waals surface area (Å²) in [4.78, 5) is 17.1. The van der Waals surface area contributed by atoms with Gasteiger partial charge in [-0.1, -0.05) is 29.5 Å². The highest BCUT2D eigenvalue weighted by atomic mass is 79.9. The van der Waals surface area contributed by atoms with Crippen LogP contribution in [-0.2, 0) is 22.2 Å². The van der Waals surface area contributed by atoms with E-state index in [1.807, 2.05) is 37.3 Å². The number of hydrogen-bond donors (Lipinski definition) is 2. The average Bonchev–Trinajstić information content (AvgIpc) is 3.03. The Balaban J connectivity index is 1.85. The van der Waals surface area contributed by atoms with Crippen LogP contribution in [-0.4, -0.2) is 15.1 Å². The molecule has 1 heterocycles. The maximum atomic E-state index is 12.9. The van der Waals surface area contributed by atoms with Crippen molar-refractivity contribution in [3.63, 3.8) is 0 Å². The first-order valence-electron chi connectivity index (χ1n) is 8.56. The number of rotatable bonds is 6. The number of hydrogen-bond acceptors (Lipinski definition) is 5. The number of amides is 1. The van der Waals surface area contributed by atoms with Gasteiger partial charge in [0.15, 0.2) is 16.1 Å². The molecule has 2 aromatic carbocycles. The van der Waals surface area contributed by atoms with Gasteiger partial charge in [-0.15, -0.1) is 0 Å². The van der Waals surface area contributed by atoms with E-state index >= 15 is 0 Å². The molecule has 148 valence electrons. The van der Waals surface area contributed by atoms with Crippen molar-refractivity contribution in [2.24, 2.45) is 0 Å². The van der Waals surface area contributed by atoms with E-state index in [2.05, 4.69) is 37.0 Å². The molecule has 0 aliphatic rings. The van der Waals surface area contributed by atoms with Gasteiger partial charge in [-0.05, 0) is 58.2 Å². The van der Waals surface area contributed by atoms with Gasteiger partial charge in [0, 0.05) is 17.1 Å². The summed E-state index contributed by atoms with van der Waals surface area (Å²) in [6, 6.07) is 15.0. The molecule has 0 saturated carbocycles. The lowest BCUT2D eigenvalue weighted by Gasteiger charge is -2.10. The normalized spacial score (nSPS) is 11.5. The third-order valence-electron chi connectivity index (χ3n) is 3.92. The summed E-state index contributed by atoms with van der Waals surface area (Å²) in [6.07, 6.45) is 0.339. The summed E-state index contributed by atoms with van der Waals surface area (Å²) in [5, 5.41) is 12.0. The summed E-state index contributed by atoms with van der Waals surface area (Å²) in [5.74, 6) is -0.173. The highest BCUT2D eigenvalue weighted by Crippen LogP contribution is 2.35. The number of aromatic nitrogens is 1. The molecule has 3 aromatic rings. The Labute approximate surface area is 183 Å². The Hall–Kier alpha value is -2.54. The van der Waals surface area contributed by atoms with Crippen LogP contribution in [0.2, 0.25) is 0 Å². The topological polar surface area (TPSA) is 94.9 Å². The molecule has 1 aromatic heterocycles. The minimum absolute atomic E-state index is 0.173. The first kappa shape index (κ1) is 21.2. The van der Waals surface area contributed by atoms with Gasteiger partial charge in [-0.2, -0.15) is 5.26 Å². The smallest absolute Gasteiger partial charge is 0.223 e. The molecule has 1 unspecified atom stereocenters. The zero-order valence-electron chi connectivity index (χ0n) is 15.7. The van der Waals surface area contributed by atoms with Crippen LogP contribution >= 0.6 is 27.3 Å². The minimum atomic E-state index is -1.50. The van der Waals surface area contributed by atoms with E-state index in [-0.39, 0.29) is 5.91 Å². The number of anilines is 2. The van der Waals surface area contributed by atoms with Crippen LogP contribution in [0.15, 0.2) is 51.8 Å². The highest BCUT2D eigenvalue weighted by Gasteiger charge is 2.15. The molecule has 1 amide bonds. The van der Waals surface area contributed by atoms with E-state index in [1.165, 1.54) is 18.3 Å². The standard InChI is InChI=1S/C20H17BrN4O2S2/c1-12-19(28-20(23-12)24-13(2)26)15-5-8-17(21)18(11-15)29(27)25-16-6-3-14(4-7-16)9-10-22/h3-8,11,25H,9H2,1-2H3,(H,23,24,26). The lowest BCUT2D eigenvalue weighted by Crippen LogP contribution is -2.05. The molecule has 1 atom stereocenters. The molecule has 0 aliphatic carbocycles. The first-order chi connectivity index (χ1) is 13.9. The van der Waals surface area contributed by atoms with E-state index in [0.717, 1.165) is 26.2 Å². The quantitative estimate of drug-likeness (QED) is 0.507. The lowest BCUT2D eigenvalue weighted by atomic mass is 10.1. The summed E-state index contributed by atoms with van der Waals surface area (Å²) in [5.41, 5.74) is 3.26. The molecule has 2 N–H and O–H groups in total. The van der Waals surface area contributed by atoms with E-state index in [9.17, 15) is 9.00 Å². The summed E-state index contributed by atoms with van der Waals surface area (Å²) in [7, 11) is -1.50. The van der Waals surface area contributed by atoms with E-state index in [1.54, 1.807) is 12.1 Å².